The standard InChI is InChI=1S/C19H24N4O/c1-2-4-17-13(3-1)7-8-15(12-24-17)20-11-18-21-22-19(14-5-6-14)23(18)16-9-10-16/h1-4,14-16,20H,5-12H2. The van der Waals surface area contributed by atoms with Crippen molar-refractivity contribution in [2.45, 2.75) is 63.1 Å². The smallest absolute Gasteiger partial charge is 0.147 e. The molecule has 2 aromatic rings. The van der Waals surface area contributed by atoms with Crippen LogP contribution >= 0.6 is 0 Å². The molecule has 5 heteroatoms. The molecule has 0 bridgehead atoms. The molecule has 0 radical (unpaired) electrons. The van der Waals surface area contributed by atoms with E-state index in [-0.39, 0.29) is 0 Å². The molecular weight excluding hydrogens is 300 g/mol. The normalized spacial score (nSPS) is 23.4. The van der Waals surface area contributed by atoms with Crippen molar-refractivity contribution in [1.29, 1.82) is 0 Å². The number of aromatic nitrogens is 3. The summed E-state index contributed by atoms with van der Waals surface area (Å²) in [5.74, 6) is 4.06. The molecule has 5 nitrogen and oxygen atoms in total. The molecule has 1 aromatic heterocycles. The Hall–Kier alpha value is -1.88. The molecule has 1 atom stereocenters. The number of hydrogen-bond donors (Lipinski definition) is 1. The maximum absolute atomic E-state index is 5.99. The van der Waals surface area contributed by atoms with Gasteiger partial charge in [-0.05, 0) is 50.2 Å². The van der Waals surface area contributed by atoms with Crippen LogP contribution < -0.4 is 10.1 Å². The van der Waals surface area contributed by atoms with Gasteiger partial charge in [-0.1, -0.05) is 18.2 Å². The molecule has 0 saturated heterocycles. The maximum Gasteiger partial charge on any atom is 0.147 e. The molecule has 1 aliphatic heterocycles. The molecule has 0 spiro atoms. The molecule has 2 saturated carbocycles. The van der Waals surface area contributed by atoms with Gasteiger partial charge in [0.1, 0.15) is 24.0 Å². The number of aryl methyl sites for hydroxylation is 1. The highest BCUT2D eigenvalue weighted by atomic mass is 16.5. The molecule has 1 unspecified atom stereocenters. The SMILES string of the molecule is c1ccc2c(c1)CCC(NCc1nnc(C3CC3)n1C1CC1)CO2. The van der Waals surface area contributed by atoms with E-state index in [9.17, 15) is 0 Å². The van der Waals surface area contributed by atoms with E-state index >= 15 is 0 Å². The Kier molecular flexibility index (Phi) is 3.55. The Balaban J connectivity index is 1.25. The minimum Gasteiger partial charge on any atom is -0.492 e. The summed E-state index contributed by atoms with van der Waals surface area (Å²) in [7, 11) is 0. The number of hydrogen-bond acceptors (Lipinski definition) is 4. The molecular formula is C19H24N4O. The molecule has 2 aliphatic carbocycles. The lowest BCUT2D eigenvalue weighted by molar-refractivity contribution is 0.265. The quantitative estimate of drug-likeness (QED) is 0.919. The van der Waals surface area contributed by atoms with Crippen LogP contribution in [-0.4, -0.2) is 27.4 Å². The highest BCUT2D eigenvalue weighted by Crippen LogP contribution is 2.44. The summed E-state index contributed by atoms with van der Waals surface area (Å²) in [5.41, 5.74) is 1.32. The van der Waals surface area contributed by atoms with E-state index in [1.54, 1.807) is 0 Å². The predicted molar refractivity (Wildman–Crippen MR) is 91.2 cm³/mol. The van der Waals surface area contributed by atoms with Gasteiger partial charge in [0.2, 0.25) is 0 Å². The fourth-order valence-corrected chi connectivity index (χ4v) is 3.66. The topological polar surface area (TPSA) is 52.0 Å². The fourth-order valence-electron chi connectivity index (χ4n) is 3.66. The third kappa shape index (κ3) is 2.81. The third-order valence-electron chi connectivity index (χ3n) is 5.37. The van der Waals surface area contributed by atoms with Crippen molar-refractivity contribution in [3.8, 4) is 5.75 Å². The van der Waals surface area contributed by atoms with Crippen molar-refractivity contribution in [3.05, 3.63) is 41.5 Å². The van der Waals surface area contributed by atoms with Crippen LogP contribution in [0, 0.1) is 0 Å². The Morgan fingerprint density at radius 2 is 1.96 bits per heavy atom. The number of benzene rings is 1. The summed E-state index contributed by atoms with van der Waals surface area (Å²) in [4.78, 5) is 0. The van der Waals surface area contributed by atoms with E-state index in [1.165, 1.54) is 37.1 Å². The van der Waals surface area contributed by atoms with Gasteiger partial charge < -0.3 is 14.6 Å². The molecule has 2 heterocycles. The number of fused-ring (bicyclic) bond motifs is 1. The lowest BCUT2D eigenvalue weighted by atomic mass is 10.1. The first kappa shape index (κ1) is 14.5. The molecule has 3 aliphatic rings. The minimum atomic E-state index is 0.367. The van der Waals surface area contributed by atoms with Crippen LogP contribution in [0.15, 0.2) is 24.3 Å². The second kappa shape index (κ2) is 5.88. The molecule has 24 heavy (non-hydrogen) atoms. The van der Waals surface area contributed by atoms with E-state index in [0.29, 0.717) is 18.0 Å². The molecule has 1 aromatic carbocycles. The molecule has 2 fully saturated rings. The number of para-hydroxylation sites is 1. The monoisotopic (exact) mass is 324 g/mol. The zero-order valence-electron chi connectivity index (χ0n) is 13.9. The highest BCUT2D eigenvalue weighted by molar-refractivity contribution is 5.34. The third-order valence-corrected chi connectivity index (χ3v) is 5.37. The average Bonchev–Trinajstić information content (AvgIpc) is 3.52. The maximum atomic E-state index is 5.99. The first-order valence-corrected chi connectivity index (χ1v) is 9.26. The van der Waals surface area contributed by atoms with Gasteiger partial charge in [0.05, 0.1) is 6.54 Å². The zero-order chi connectivity index (χ0) is 15.9. The second-order valence-electron chi connectivity index (χ2n) is 7.39. The molecule has 5 rings (SSSR count). The van der Waals surface area contributed by atoms with Crippen molar-refractivity contribution in [2.24, 2.45) is 0 Å². The second-order valence-corrected chi connectivity index (χ2v) is 7.39. The Morgan fingerprint density at radius 3 is 2.79 bits per heavy atom. The largest absolute Gasteiger partial charge is 0.492 e. The van der Waals surface area contributed by atoms with E-state index in [0.717, 1.165) is 37.6 Å². The summed E-state index contributed by atoms with van der Waals surface area (Å²) in [6.07, 6.45) is 7.31. The number of nitrogens with zero attached hydrogens (tertiary/aromatic N) is 3. The Morgan fingerprint density at radius 1 is 1.08 bits per heavy atom. The van der Waals surface area contributed by atoms with Crippen LogP contribution in [0.2, 0.25) is 0 Å². The number of rotatable bonds is 5. The lowest BCUT2D eigenvalue weighted by Gasteiger charge is -2.16. The summed E-state index contributed by atoms with van der Waals surface area (Å²) >= 11 is 0. The van der Waals surface area contributed by atoms with Gasteiger partial charge in [-0.3, -0.25) is 0 Å². The highest BCUT2D eigenvalue weighted by Gasteiger charge is 2.36. The van der Waals surface area contributed by atoms with Crippen LogP contribution in [0.1, 0.15) is 61.3 Å². The Labute approximate surface area is 142 Å². The van der Waals surface area contributed by atoms with Crippen LogP contribution in [0.5, 0.6) is 5.75 Å². The van der Waals surface area contributed by atoms with Gasteiger partial charge >= 0.3 is 0 Å². The summed E-state index contributed by atoms with van der Waals surface area (Å²) in [6, 6.07) is 9.40. The fraction of sp³-hybridized carbons (Fsp3) is 0.579. The predicted octanol–water partition coefficient (Wildman–Crippen LogP) is 2.97. The van der Waals surface area contributed by atoms with Gasteiger partial charge in [-0.2, -0.15) is 0 Å². The van der Waals surface area contributed by atoms with Gasteiger partial charge in [-0.15, -0.1) is 10.2 Å². The van der Waals surface area contributed by atoms with E-state index in [2.05, 4.69) is 38.3 Å². The van der Waals surface area contributed by atoms with Crippen LogP contribution in [0.3, 0.4) is 0 Å². The molecule has 1 N–H and O–H groups in total. The van der Waals surface area contributed by atoms with E-state index < -0.39 is 0 Å². The first-order chi connectivity index (χ1) is 11.9. The first-order valence-electron chi connectivity index (χ1n) is 9.26. The van der Waals surface area contributed by atoms with Crippen molar-refractivity contribution in [2.75, 3.05) is 6.61 Å². The molecule has 126 valence electrons. The van der Waals surface area contributed by atoms with Crippen molar-refractivity contribution in [3.63, 3.8) is 0 Å². The van der Waals surface area contributed by atoms with Crippen LogP contribution in [-0.2, 0) is 13.0 Å². The van der Waals surface area contributed by atoms with Crippen molar-refractivity contribution >= 4 is 0 Å². The average molecular weight is 324 g/mol. The van der Waals surface area contributed by atoms with Gasteiger partial charge in [0.25, 0.3) is 0 Å². The van der Waals surface area contributed by atoms with E-state index in [1.807, 2.05) is 6.07 Å². The van der Waals surface area contributed by atoms with Gasteiger partial charge in [0.15, 0.2) is 0 Å². The van der Waals surface area contributed by atoms with Gasteiger partial charge in [0, 0.05) is 18.0 Å². The summed E-state index contributed by atoms with van der Waals surface area (Å²) in [6.45, 7) is 1.52. The summed E-state index contributed by atoms with van der Waals surface area (Å²) in [5, 5.41) is 12.7. The van der Waals surface area contributed by atoms with Crippen LogP contribution in [0.4, 0.5) is 0 Å². The number of ether oxygens (including phenoxy) is 1. The van der Waals surface area contributed by atoms with Gasteiger partial charge in [-0.25, -0.2) is 0 Å². The lowest BCUT2D eigenvalue weighted by Crippen LogP contribution is -2.34. The number of nitrogens with one attached hydrogen (secondary N) is 1. The van der Waals surface area contributed by atoms with Crippen molar-refractivity contribution in [1.82, 2.24) is 20.1 Å². The van der Waals surface area contributed by atoms with Crippen LogP contribution in [0.25, 0.3) is 0 Å². The minimum absolute atomic E-state index is 0.367. The Bertz CT molecular complexity index is 706. The van der Waals surface area contributed by atoms with E-state index in [4.69, 9.17) is 4.74 Å². The molecule has 0 amide bonds. The summed E-state index contributed by atoms with van der Waals surface area (Å²) < 4.78 is 8.42. The zero-order valence-corrected chi connectivity index (χ0v) is 13.9. The van der Waals surface area contributed by atoms with Crippen molar-refractivity contribution < 1.29 is 4.74 Å².